The van der Waals surface area contributed by atoms with Gasteiger partial charge in [-0.1, -0.05) is 23.4 Å². The summed E-state index contributed by atoms with van der Waals surface area (Å²) >= 11 is 7.17. The maximum atomic E-state index is 11.8. The van der Waals surface area contributed by atoms with E-state index in [-0.39, 0.29) is 11.4 Å². The maximum absolute atomic E-state index is 11.8. The molecule has 0 heterocycles. The quantitative estimate of drug-likeness (QED) is 0.318. The van der Waals surface area contributed by atoms with E-state index in [0.29, 0.717) is 10.1 Å². The van der Waals surface area contributed by atoms with Gasteiger partial charge in [0.1, 0.15) is 11.4 Å². The van der Waals surface area contributed by atoms with Crippen LogP contribution in [0.3, 0.4) is 0 Å². The van der Waals surface area contributed by atoms with Gasteiger partial charge in [-0.15, -0.1) is 0 Å². The van der Waals surface area contributed by atoms with Gasteiger partial charge in [0, 0.05) is 16.8 Å². The van der Waals surface area contributed by atoms with Crippen molar-refractivity contribution in [1.82, 2.24) is 0 Å². The van der Waals surface area contributed by atoms with Crippen LogP contribution in [0, 0.1) is 0 Å². The lowest BCUT2D eigenvalue weighted by Crippen LogP contribution is -2.22. The molecule has 1 N–H and O–H groups in total. The molecule has 2 aromatic rings. The summed E-state index contributed by atoms with van der Waals surface area (Å²) in [5.74, 6) is 0.671. The lowest BCUT2D eigenvalue weighted by atomic mass is 10.2. The van der Waals surface area contributed by atoms with E-state index in [1.54, 1.807) is 12.1 Å². The van der Waals surface area contributed by atoms with Gasteiger partial charge in [-0.2, -0.15) is 5.10 Å². The molecule has 132 valence electrons. The lowest BCUT2D eigenvalue weighted by Gasteiger charge is -2.21. The first kappa shape index (κ1) is 19.3. The highest BCUT2D eigenvalue weighted by molar-refractivity contribution is 8.15. The molecule has 0 fully saturated rings. The molecular formula is C19H21ClN2O2S. The van der Waals surface area contributed by atoms with Crippen molar-refractivity contribution >= 4 is 39.9 Å². The summed E-state index contributed by atoms with van der Waals surface area (Å²) in [5, 5.41) is 5.25. The SMILES string of the molecule is CC(=O)/C(=N\Nc1ccc(OC(C)(C)C)cc1)Sc1ccc(Cl)cc1. The number of hydrogen-bond acceptors (Lipinski definition) is 5. The van der Waals surface area contributed by atoms with Crippen LogP contribution in [-0.4, -0.2) is 16.4 Å². The Morgan fingerprint density at radius 3 is 2.20 bits per heavy atom. The maximum Gasteiger partial charge on any atom is 0.186 e. The van der Waals surface area contributed by atoms with Gasteiger partial charge in [-0.3, -0.25) is 10.2 Å². The number of hydrogen-bond donors (Lipinski definition) is 1. The Morgan fingerprint density at radius 2 is 1.68 bits per heavy atom. The summed E-state index contributed by atoms with van der Waals surface area (Å²) in [6, 6.07) is 14.7. The lowest BCUT2D eigenvalue weighted by molar-refractivity contribution is -0.110. The molecule has 0 spiro atoms. The largest absolute Gasteiger partial charge is 0.488 e. The second kappa shape index (κ2) is 8.41. The summed E-state index contributed by atoms with van der Waals surface area (Å²) in [6.45, 7) is 7.48. The van der Waals surface area contributed by atoms with Crippen LogP contribution in [0.15, 0.2) is 58.5 Å². The van der Waals surface area contributed by atoms with E-state index in [1.165, 1.54) is 18.7 Å². The van der Waals surface area contributed by atoms with Crippen LogP contribution in [0.5, 0.6) is 5.75 Å². The number of ether oxygens (including phenoxy) is 1. The van der Waals surface area contributed by atoms with Crippen molar-refractivity contribution in [2.45, 2.75) is 38.2 Å². The van der Waals surface area contributed by atoms with E-state index in [0.717, 1.165) is 16.3 Å². The number of anilines is 1. The molecule has 2 aromatic carbocycles. The van der Waals surface area contributed by atoms with Crippen molar-refractivity contribution in [2.75, 3.05) is 5.43 Å². The third kappa shape index (κ3) is 6.80. The van der Waals surface area contributed by atoms with Gasteiger partial charge in [0.2, 0.25) is 0 Å². The minimum atomic E-state index is -0.246. The van der Waals surface area contributed by atoms with Crippen LogP contribution >= 0.6 is 23.4 Å². The average Bonchev–Trinajstić information content (AvgIpc) is 2.53. The van der Waals surface area contributed by atoms with Crippen LogP contribution in [0.4, 0.5) is 5.69 Å². The monoisotopic (exact) mass is 376 g/mol. The fourth-order valence-electron chi connectivity index (χ4n) is 1.85. The van der Waals surface area contributed by atoms with Crippen molar-refractivity contribution in [3.05, 3.63) is 53.6 Å². The Hall–Kier alpha value is -1.98. The first-order valence-electron chi connectivity index (χ1n) is 7.80. The molecule has 25 heavy (non-hydrogen) atoms. The topological polar surface area (TPSA) is 50.7 Å². The first-order valence-corrected chi connectivity index (χ1v) is 8.99. The highest BCUT2D eigenvalue weighted by atomic mass is 35.5. The first-order chi connectivity index (χ1) is 11.7. The minimum Gasteiger partial charge on any atom is -0.488 e. The Balaban J connectivity index is 2.05. The number of rotatable bonds is 5. The summed E-state index contributed by atoms with van der Waals surface area (Å²) in [4.78, 5) is 12.7. The zero-order valence-electron chi connectivity index (χ0n) is 14.7. The molecule has 0 saturated carbocycles. The molecule has 4 nitrogen and oxygen atoms in total. The fourth-order valence-corrected chi connectivity index (χ4v) is 2.71. The molecule has 0 aromatic heterocycles. The van der Waals surface area contributed by atoms with E-state index in [1.807, 2.05) is 57.2 Å². The van der Waals surface area contributed by atoms with Gasteiger partial charge < -0.3 is 4.74 Å². The normalized spacial score (nSPS) is 12.0. The molecule has 0 saturated heterocycles. The van der Waals surface area contributed by atoms with Crippen LogP contribution in [0.2, 0.25) is 5.02 Å². The van der Waals surface area contributed by atoms with Gasteiger partial charge in [0.25, 0.3) is 0 Å². The molecule has 6 heteroatoms. The van der Waals surface area contributed by atoms with Gasteiger partial charge in [0.05, 0.1) is 5.69 Å². The predicted molar refractivity (Wildman–Crippen MR) is 106 cm³/mol. The van der Waals surface area contributed by atoms with E-state index >= 15 is 0 Å². The van der Waals surface area contributed by atoms with Crippen molar-refractivity contribution in [3.63, 3.8) is 0 Å². The molecule has 0 bridgehead atoms. The number of nitrogens with one attached hydrogen (secondary N) is 1. The standard InChI is InChI=1S/C19H21ClN2O2S/c1-13(23)18(25-17-11-5-14(20)6-12-17)22-21-15-7-9-16(10-8-15)24-19(2,3)4/h5-12,21H,1-4H3/b22-18+. The van der Waals surface area contributed by atoms with Crippen molar-refractivity contribution in [1.29, 1.82) is 0 Å². The number of hydrazone groups is 1. The van der Waals surface area contributed by atoms with E-state index < -0.39 is 0 Å². The average molecular weight is 377 g/mol. The molecule has 0 atom stereocenters. The molecule has 0 aliphatic rings. The summed E-state index contributed by atoms with van der Waals surface area (Å²) in [7, 11) is 0. The van der Waals surface area contributed by atoms with Gasteiger partial charge >= 0.3 is 0 Å². The number of carbonyl (C=O) groups excluding carboxylic acids is 1. The summed E-state index contributed by atoms with van der Waals surface area (Å²) in [6.07, 6.45) is 0. The molecular weight excluding hydrogens is 356 g/mol. The predicted octanol–water partition coefficient (Wildman–Crippen LogP) is 5.62. The Kier molecular flexibility index (Phi) is 6.51. The zero-order valence-corrected chi connectivity index (χ0v) is 16.2. The molecule has 0 amide bonds. The molecule has 2 rings (SSSR count). The number of carbonyl (C=O) groups is 1. The van der Waals surface area contributed by atoms with Crippen LogP contribution in [0.1, 0.15) is 27.7 Å². The van der Waals surface area contributed by atoms with E-state index in [2.05, 4.69) is 10.5 Å². The second-order valence-electron chi connectivity index (χ2n) is 6.38. The number of ketones is 1. The zero-order chi connectivity index (χ0) is 18.4. The Bertz CT molecular complexity index is 750. The number of Topliss-reactive ketones (excluding diaryl/α,β-unsaturated/α-hetero) is 1. The van der Waals surface area contributed by atoms with Gasteiger partial charge in [-0.05, 0) is 69.3 Å². The second-order valence-corrected chi connectivity index (χ2v) is 7.88. The van der Waals surface area contributed by atoms with Crippen LogP contribution in [0.25, 0.3) is 0 Å². The number of thioether (sulfide) groups is 1. The van der Waals surface area contributed by atoms with Crippen molar-refractivity contribution < 1.29 is 9.53 Å². The van der Waals surface area contributed by atoms with Crippen molar-refractivity contribution in [3.8, 4) is 5.75 Å². The van der Waals surface area contributed by atoms with E-state index in [4.69, 9.17) is 16.3 Å². The molecule has 0 aliphatic heterocycles. The third-order valence-electron chi connectivity index (χ3n) is 2.89. The number of benzene rings is 2. The van der Waals surface area contributed by atoms with Gasteiger partial charge in [-0.25, -0.2) is 0 Å². The summed E-state index contributed by atoms with van der Waals surface area (Å²) < 4.78 is 5.78. The Morgan fingerprint density at radius 1 is 1.08 bits per heavy atom. The molecule has 0 radical (unpaired) electrons. The third-order valence-corrected chi connectivity index (χ3v) is 4.23. The fraction of sp³-hybridized carbons (Fsp3) is 0.263. The van der Waals surface area contributed by atoms with E-state index in [9.17, 15) is 4.79 Å². The Labute approximate surface area is 157 Å². The highest BCUT2D eigenvalue weighted by Gasteiger charge is 2.12. The smallest absolute Gasteiger partial charge is 0.186 e. The van der Waals surface area contributed by atoms with Gasteiger partial charge in [0.15, 0.2) is 10.8 Å². The molecule has 0 unspecified atom stereocenters. The number of halogens is 1. The van der Waals surface area contributed by atoms with Crippen LogP contribution in [-0.2, 0) is 4.79 Å². The number of nitrogens with zero attached hydrogens (tertiary/aromatic N) is 1. The van der Waals surface area contributed by atoms with Crippen molar-refractivity contribution in [2.24, 2.45) is 5.10 Å². The molecule has 0 aliphatic carbocycles. The van der Waals surface area contributed by atoms with Crippen LogP contribution < -0.4 is 10.2 Å². The highest BCUT2D eigenvalue weighted by Crippen LogP contribution is 2.23. The minimum absolute atomic E-state index is 0.111. The summed E-state index contributed by atoms with van der Waals surface area (Å²) in [5.41, 5.74) is 3.44.